The van der Waals surface area contributed by atoms with Crippen LogP contribution in [0, 0.1) is 0 Å². The van der Waals surface area contributed by atoms with Crippen molar-refractivity contribution in [1.82, 2.24) is 0 Å². The van der Waals surface area contributed by atoms with Gasteiger partial charge in [-0.1, -0.05) is 88.3 Å². The summed E-state index contributed by atoms with van der Waals surface area (Å²) >= 11 is 3.55. The number of hydrogen-bond donors (Lipinski definition) is 1. The lowest BCUT2D eigenvalue weighted by atomic mass is 9.99. The summed E-state index contributed by atoms with van der Waals surface area (Å²) in [7, 11) is 0. The number of thioether (sulfide) groups is 2. The van der Waals surface area contributed by atoms with Gasteiger partial charge in [-0.05, 0) is 30.7 Å². The van der Waals surface area contributed by atoms with Crippen molar-refractivity contribution in [1.29, 1.82) is 0 Å². The summed E-state index contributed by atoms with van der Waals surface area (Å²) in [5.74, 6) is 1.51. The van der Waals surface area contributed by atoms with Gasteiger partial charge in [-0.25, -0.2) is 0 Å². The Labute approximate surface area is 174 Å². The molecular formula is C24H34OS2. The highest BCUT2D eigenvalue weighted by Crippen LogP contribution is 2.31. The van der Waals surface area contributed by atoms with Crippen LogP contribution in [0.5, 0.6) is 0 Å². The van der Waals surface area contributed by atoms with E-state index in [1.54, 1.807) is 23.5 Å². The van der Waals surface area contributed by atoms with E-state index >= 15 is 0 Å². The minimum atomic E-state index is -0.621. The molecule has 0 spiro atoms. The summed E-state index contributed by atoms with van der Waals surface area (Å²) in [6.45, 7) is 2.26. The van der Waals surface area contributed by atoms with E-state index in [-0.39, 0.29) is 0 Å². The highest BCUT2D eigenvalue weighted by Gasteiger charge is 2.27. The van der Waals surface area contributed by atoms with Crippen molar-refractivity contribution in [2.45, 2.75) is 73.7 Å². The second kappa shape index (κ2) is 13.3. The Morgan fingerprint density at radius 2 is 1.11 bits per heavy atom. The Morgan fingerprint density at radius 3 is 1.59 bits per heavy atom. The average Bonchev–Trinajstić information content (AvgIpc) is 2.72. The molecule has 0 bridgehead atoms. The fourth-order valence-electron chi connectivity index (χ4n) is 3.07. The van der Waals surface area contributed by atoms with E-state index in [1.165, 1.54) is 48.3 Å². The van der Waals surface area contributed by atoms with Gasteiger partial charge in [0, 0.05) is 21.3 Å². The Kier molecular flexibility index (Phi) is 11.0. The normalized spacial score (nSPS) is 11.6. The standard InChI is InChI=1S/C24H34OS2/c1-2-3-4-5-6-7-14-19-24(25,20-26-22-15-10-8-11-16-22)21-27-23-17-12-9-13-18-23/h8-13,15-18,25H,2-7,14,19-21H2,1H3. The predicted molar refractivity (Wildman–Crippen MR) is 122 cm³/mol. The molecule has 2 aromatic rings. The third-order valence-corrected chi connectivity index (χ3v) is 7.32. The van der Waals surface area contributed by atoms with E-state index in [4.69, 9.17) is 0 Å². The van der Waals surface area contributed by atoms with Crippen molar-refractivity contribution >= 4 is 23.5 Å². The van der Waals surface area contributed by atoms with E-state index < -0.39 is 5.60 Å². The molecule has 0 aliphatic heterocycles. The molecule has 1 N–H and O–H groups in total. The van der Waals surface area contributed by atoms with E-state index in [2.05, 4.69) is 55.5 Å². The summed E-state index contributed by atoms with van der Waals surface area (Å²) in [5.41, 5.74) is -0.621. The van der Waals surface area contributed by atoms with Gasteiger partial charge < -0.3 is 5.11 Å². The van der Waals surface area contributed by atoms with Crippen LogP contribution in [-0.4, -0.2) is 22.2 Å². The third kappa shape index (κ3) is 9.73. The first-order chi connectivity index (χ1) is 13.2. The first-order valence-electron chi connectivity index (χ1n) is 10.3. The molecule has 0 aliphatic rings. The van der Waals surface area contributed by atoms with E-state index in [0.717, 1.165) is 24.3 Å². The summed E-state index contributed by atoms with van der Waals surface area (Å²) < 4.78 is 0. The van der Waals surface area contributed by atoms with Crippen LogP contribution >= 0.6 is 23.5 Å². The van der Waals surface area contributed by atoms with Crippen molar-refractivity contribution in [2.24, 2.45) is 0 Å². The molecule has 3 heteroatoms. The quantitative estimate of drug-likeness (QED) is 0.262. The molecule has 0 fully saturated rings. The molecule has 1 nitrogen and oxygen atoms in total. The van der Waals surface area contributed by atoms with Crippen molar-refractivity contribution in [3.8, 4) is 0 Å². The first-order valence-corrected chi connectivity index (χ1v) is 12.3. The maximum Gasteiger partial charge on any atom is 0.0834 e. The first kappa shape index (κ1) is 22.4. The van der Waals surface area contributed by atoms with E-state index in [9.17, 15) is 5.11 Å². The monoisotopic (exact) mass is 402 g/mol. The van der Waals surface area contributed by atoms with E-state index in [0.29, 0.717) is 0 Å². The minimum absolute atomic E-state index is 0.621. The maximum absolute atomic E-state index is 11.3. The van der Waals surface area contributed by atoms with Gasteiger partial charge in [-0.3, -0.25) is 0 Å². The molecule has 27 heavy (non-hydrogen) atoms. The summed E-state index contributed by atoms with van der Waals surface area (Å²) in [6, 6.07) is 20.9. The Morgan fingerprint density at radius 1 is 0.667 bits per heavy atom. The van der Waals surface area contributed by atoms with Crippen LogP contribution in [0.2, 0.25) is 0 Å². The smallest absolute Gasteiger partial charge is 0.0834 e. The van der Waals surface area contributed by atoms with Crippen LogP contribution in [-0.2, 0) is 0 Å². The molecule has 2 rings (SSSR count). The van der Waals surface area contributed by atoms with Gasteiger partial charge in [0.05, 0.1) is 5.60 Å². The summed E-state index contributed by atoms with van der Waals surface area (Å²) in [6.07, 6.45) is 9.89. The number of hydrogen-bond acceptors (Lipinski definition) is 3. The van der Waals surface area contributed by atoms with E-state index in [1.807, 2.05) is 12.1 Å². The van der Waals surface area contributed by atoms with Crippen LogP contribution in [0.3, 0.4) is 0 Å². The fraction of sp³-hybridized carbons (Fsp3) is 0.500. The molecule has 0 unspecified atom stereocenters. The van der Waals surface area contributed by atoms with Crippen molar-refractivity contribution in [2.75, 3.05) is 11.5 Å². The topological polar surface area (TPSA) is 20.2 Å². The lowest BCUT2D eigenvalue weighted by Crippen LogP contribution is -2.34. The van der Waals surface area contributed by atoms with Gasteiger partial charge >= 0.3 is 0 Å². The van der Waals surface area contributed by atoms with Gasteiger partial charge in [0.1, 0.15) is 0 Å². The molecule has 148 valence electrons. The van der Waals surface area contributed by atoms with Gasteiger partial charge in [0.25, 0.3) is 0 Å². The second-order valence-electron chi connectivity index (χ2n) is 7.30. The molecule has 0 amide bonds. The minimum Gasteiger partial charge on any atom is -0.388 e. The van der Waals surface area contributed by atoms with Crippen LogP contribution in [0.4, 0.5) is 0 Å². The van der Waals surface area contributed by atoms with Crippen LogP contribution in [0.25, 0.3) is 0 Å². The van der Waals surface area contributed by atoms with Gasteiger partial charge in [0.2, 0.25) is 0 Å². The van der Waals surface area contributed by atoms with Gasteiger partial charge in [-0.2, -0.15) is 0 Å². The largest absolute Gasteiger partial charge is 0.388 e. The zero-order chi connectivity index (χ0) is 19.2. The van der Waals surface area contributed by atoms with Gasteiger partial charge in [0.15, 0.2) is 0 Å². The fourth-order valence-corrected chi connectivity index (χ4v) is 5.26. The maximum atomic E-state index is 11.3. The van der Waals surface area contributed by atoms with Crippen molar-refractivity contribution < 1.29 is 5.11 Å². The van der Waals surface area contributed by atoms with Crippen LogP contribution in [0.1, 0.15) is 58.3 Å². The molecule has 0 aromatic heterocycles. The molecule has 0 heterocycles. The third-order valence-electron chi connectivity index (χ3n) is 4.75. The van der Waals surface area contributed by atoms with Gasteiger partial charge in [-0.15, -0.1) is 23.5 Å². The predicted octanol–water partition coefficient (Wildman–Crippen LogP) is 7.44. The van der Waals surface area contributed by atoms with Crippen LogP contribution < -0.4 is 0 Å². The zero-order valence-electron chi connectivity index (χ0n) is 16.6. The van der Waals surface area contributed by atoms with Crippen molar-refractivity contribution in [3.63, 3.8) is 0 Å². The number of aliphatic hydroxyl groups is 1. The molecule has 0 saturated carbocycles. The Balaban J connectivity index is 1.82. The molecule has 0 saturated heterocycles. The number of rotatable bonds is 14. The second-order valence-corrected chi connectivity index (χ2v) is 9.40. The zero-order valence-corrected chi connectivity index (χ0v) is 18.2. The molecule has 2 aromatic carbocycles. The number of unbranched alkanes of at least 4 members (excludes halogenated alkanes) is 6. The molecular weight excluding hydrogens is 368 g/mol. The Hall–Kier alpha value is -0.900. The average molecular weight is 403 g/mol. The summed E-state index contributed by atoms with van der Waals surface area (Å²) in [5, 5.41) is 11.3. The highest BCUT2D eigenvalue weighted by molar-refractivity contribution is 8.00. The molecule has 0 radical (unpaired) electrons. The molecule has 0 aliphatic carbocycles. The highest BCUT2D eigenvalue weighted by atomic mass is 32.2. The number of benzene rings is 2. The molecule has 0 atom stereocenters. The van der Waals surface area contributed by atoms with Crippen LogP contribution in [0.15, 0.2) is 70.5 Å². The SMILES string of the molecule is CCCCCCCCCC(O)(CSc1ccccc1)CSc1ccccc1. The lowest BCUT2D eigenvalue weighted by Gasteiger charge is -2.28. The lowest BCUT2D eigenvalue weighted by molar-refractivity contribution is 0.0780. The Bertz CT molecular complexity index is 557. The summed E-state index contributed by atoms with van der Waals surface area (Å²) in [4.78, 5) is 2.47. The van der Waals surface area contributed by atoms with Crippen molar-refractivity contribution in [3.05, 3.63) is 60.7 Å².